The van der Waals surface area contributed by atoms with Crippen LogP contribution in [0.5, 0.6) is 5.88 Å². The van der Waals surface area contributed by atoms with Crippen molar-refractivity contribution in [3.8, 4) is 5.88 Å². The van der Waals surface area contributed by atoms with Crippen LogP contribution in [0.1, 0.15) is 18.4 Å². The lowest BCUT2D eigenvalue weighted by atomic mass is 10.0. The minimum Gasteiger partial charge on any atom is -0.481 e. The van der Waals surface area contributed by atoms with Crippen molar-refractivity contribution < 1.29 is 14.2 Å². The molecule has 0 amide bonds. The van der Waals surface area contributed by atoms with Crippen LogP contribution in [0.25, 0.3) is 0 Å². The molecule has 2 aliphatic heterocycles. The van der Waals surface area contributed by atoms with Crippen molar-refractivity contribution in [2.75, 3.05) is 27.4 Å². The maximum absolute atomic E-state index is 5.92. The summed E-state index contributed by atoms with van der Waals surface area (Å²) < 4.78 is 16.9. The fourth-order valence-electron chi connectivity index (χ4n) is 3.34. The van der Waals surface area contributed by atoms with E-state index in [1.54, 1.807) is 20.4 Å². The first kappa shape index (κ1) is 13.8. The van der Waals surface area contributed by atoms with Crippen LogP contribution in [-0.4, -0.2) is 55.5 Å². The lowest BCUT2D eigenvalue weighted by molar-refractivity contribution is -0.0655. The van der Waals surface area contributed by atoms with Crippen molar-refractivity contribution in [1.29, 1.82) is 0 Å². The molecule has 1 aromatic heterocycles. The summed E-state index contributed by atoms with van der Waals surface area (Å²) in [5, 5.41) is 0. The van der Waals surface area contributed by atoms with Gasteiger partial charge in [0.25, 0.3) is 0 Å². The topological polar surface area (TPSA) is 43.8 Å². The molecule has 0 N–H and O–H groups in total. The summed E-state index contributed by atoms with van der Waals surface area (Å²) in [5.74, 6) is 0.710. The van der Waals surface area contributed by atoms with E-state index in [1.807, 2.05) is 6.07 Å². The second-order valence-electron chi connectivity index (χ2n) is 5.42. The van der Waals surface area contributed by atoms with Crippen molar-refractivity contribution in [3.63, 3.8) is 0 Å². The first-order chi connectivity index (χ1) is 9.83. The summed E-state index contributed by atoms with van der Waals surface area (Å²) in [5.41, 5.74) is 1.12. The molecule has 3 rings (SSSR count). The molecule has 0 bridgehead atoms. The molecule has 110 valence electrons. The molecule has 1 aromatic rings. The average molecular weight is 278 g/mol. The van der Waals surface area contributed by atoms with Gasteiger partial charge in [-0.25, -0.2) is 4.98 Å². The maximum atomic E-state index is 5.92. The Morgan fingerprint density at radius 2 is 2.35 bits per heavy atom. The van der Waals surface area contributed by atoms with Crippen molar-refractivity contribution in [2.45, 2.75) is 37.6 Å². The smallest absolute Gasteiger partial charge is 0.217 e. The zero-order valence-corrected chi connectivity index (χ0v) is 12.1. The summed E-state index contributed by atoms with van der Waals surface area (Å²) in [6, 6.07) is 4.47. The Hall–Kier alpha value is -1.17. The highest BCUT2D eigenvalue weighted by molar-refractivity contribution is 5.25. The zero-order chi connectivity index (χ0) is 13.9. The first-order valence-electron chi connectivity index (χ1n) is 7.20. The van der Waals surface area contributed by atoms with Crippen LogP contribution in [0, 0.1) is 0 Å². The summed E-state index contributed by atoms with van der Waals surface area (Å²) in [6.07, 6.45) is 4.43. The molecule has 2 saturated heterocycles. The normalized spacial score (nSPS) is 30.2. The van der Waals surface area contributed by atoms with Crippen LogP contribution >= 0.6 is 0 Å². The Bertz CT molecular complexity index is 454. The van der Waals surface area contributed by atoms with Gasteiger partial charge < -0.3 is 14.2 Å². The van der Waals surface area contributed by atoms with E-state index in [9.17, 15) is 0 Å². The van der Waals surface area contributed by atoms with E-state index < -0.39 is 0 Å². The predicted octanol–water partition coefficient (Wildman–Crippen LogP) is 1.47. The monoisotopic (exact) mass is 278 g/mol. The Kier molecular flexibility index (Phi) is 4.19. The third-order valence-electron chi connectivity index (χ3n) is 4.30. The summed E-state index contributed by atoms with van der Waals surface area (Å²) in [4.78, 5) is 6.71. The standard InChI is InChI=1S/C15H22N2O3/c1-18-13-10-17(12-6-4-8-20-14(12)13)9-11-5-3-7-16-15(11)19-2/h3,5,7,12-14H,4,6,8-10H2,1-2H3/t12-,13+,14+/m1/s1. The minimum atomic E-state index is 0.169. The number of hydrogen-bond donors (Lipinski definition) is 0. The van der Waals surface area contributed by atoms with Crippen LogP contribution in [0.3, 0.4) is 0 Å². The van der Waals surface area contributed by atoms with Gasteiger partial charge in [-0.1, -0.05) is 6.07 Å². The fourth-order valence-corrected chi connectivity index (χ4v) is 3.34. The van der Waals surface area contributed by atoms with Gasteiger partial charge >= 0.3 is 0 Å². The highest BCUT2D eigenvalue weighted by Gasteiger charge is 2.44. The van der Waals surface area contributed by atoms with E-state index in [-0.39, 0.29) is 12.2 Å². The van der Waals surface area contributed by atoms with Gasteiger partial charge in [-0.15, -0.1) is 0 Å². The Morgan fingerprint density at radius 3 is 3.15 bits per heavy atom. The fraction of sp³-hybridized carbons (Fsp3) is 0.667. The molecule has 0 saturated carbocycles. The quantitative estimate of drug-likeness (QED) is 0.834. The van der Waals surface area contributed by atoms with Crippen LogP contribution in [0.4, 0.5) is 0 Å². The van der Waals surface area contributed by atoms with Gasteiger partial charge in [0, 0.05) is 44.6 Å². The van der Waals surface area contributed by atoms with Crippen molar-refractivity contribution >= 4 is 0 Å². The molecule has 5 nitrogen and oxygen atoms in total. The number of rotatable bonds is 4. The summed E-state index contributed by atoms with van der Waals surface area (Å²) in [7, 11) is 3.44. The minimum absolute atomic E-state index is 0.169. The van der Waals surface area contributed by atoms with E-state index in [0.717, 1.165) is 31.7 Å². The Labute approximate surface area is 119 Å². The van der Waals surface area contributed by atoms with Gasteiger partial charge in [0.2, 0.25) is 5.88 Å². The number of likely N-dealkylation sites (tertiary alicyclic amines) is 1. The molecular formula is C15H22N2O3. The van der Waals surface area contributed by atoms with Gasteiger partial charge in [-0.2, -0.15) is 0 Å². The molecule has 2 aliphatic rings. The SMILES string of the molecule is COc1ncccc1CN1C[C@H](OC)[C@H]2OCCC[C@H]21. The van der Waals surface area contributed by atoms with Gasteiger partial charge in [-0.3, -0.25) is 4.90 Å². The van der Waals surface area contributed by atoms with E-state index >= 15 is 0 Å². The molecular weight excluding hydrogens is 256 g/mol. The van der Waals surface area contributed by atoms with Gasteiger partial charge in [0.1, 0.15) is 6.10 Å². The number of fused-ring (bicyclic) bond motifs is 1. The molecule has 2 fully saturated rings. The highest BCUT2D eigenvalue weighted by atomic mass is 16.5. The van der Waals surface area contributed by atoms with Crippen LogP contribution in [0.15, 0.2) is 18.3 Å². The van der Waals surface area contributed by atoms with Crippen molar-refractivity contribution in [1.82, 2.24) is 9.88 Å². The zero-order valence-electron chi connectivity index (χ0n) is 12.1. The third kappa shape index (κ3) is 2.53. The maximum Gasteiger partial charge on any atom is 0.217 e. The summed E-state index contributed by atoms with van der Waals surface area (Å²) >= 11 is 0. The van der Waals surface area contributed by atoms with Crippen LogP contribution in [0.2, 0.25) is 0 Å². The molecule has 20 heavy (non-hydrogen) atoms. The highest BCUT2D eigenvalue weighted by Crippen LogP contribution is 2.32. The van der Waals surface area contributed by atoms with Crippen molar-refractivity contribution in [3.05, 3.63) is 23.9 Å². The number of aromatic nitrogens is 1. The molecule has 0 aromatic carbocycles. The van der Waals surface area contributed by atoms with Crippen molar-refractivity contribution in [2.24, 2.45) is 0 Å². The summed E-state index contributed by atoms with van der Waals surface area (Å²) in [6.45, 7) is 2.59. The van der Waals surface area contributed by atoms with E-state index in [4.69, 9.17) is 14.2 Å². The van der Waals surface area contributed by atoms with E-state index in [2.05, 4.69) is 16.0 Å². The Balaban J connectivity index is 1.76. The van der Waals surface area contributed by atoms with Crippen LogP contribution < -0.4 is 4.74 Å². The molecule has 5 heteroatoms. The van der Waals surface area contributed by atoms with E-state index in [1.165, 1.54) is 6.42 Å². The average Bonchev–Trinajstić information content (AvgIpc) is 2.86. The lowest BCUT2D eigenvalue weighted by Gasteiger charge is -2.32. The van der Waals surface area contributed by atoms with Gasteiger partial charge in [-0.05, 0) is 18.9 Å². The number of ether oxygens (including phenoxy) is 3. The number of nitrogens with zero attached hydrogens (tertiary/aromatic N) is 2. The number of hydrogen-bond acceptors (Lipinski definition) is 5. The number of pyridine rings is 1. The van der Waals surface area contributed by atoms with Gasteiger partial charge in [0.15, 0.2) is 0 Å². The first-order valence-corrected chi connectivity index (χ1v) is 7.20. The third-order valence-corrected chi connectivity index (χ3v) is 4.30. The molecule has 3 atom stereocenters. The lowest BCUT2D eigenvalue weighted by Crippen LogP contribution is -2.41. The predicted molar refractivity (Wildman–Crippen MR) is 74.8 cm³/mol. The van der Waals surface area contributed by atoms with Gasteiger partial charge in [0.05, 0.1) is 13.2 Å². The molecule has 0 radical (unpaired) electrons. The second kappa shape index (κ2) is 6.08. The van der Waals surface area contributed by atoms with E-state index in [0.29, 0.717) is 11.9 Å². The molecule has 3 heterocycles. The molecule has 0 spiro atoms. The van der Waals surface area contributed by atoms with Crippen LogP contribution in [-0.2, 0) is 16.0 Å². The largest absolute Gasteiger partial charge is 0.481 e. The molecule has 0 unspecified atom stereocenters. The molecule has 0 aliphatic carbocycles. The number of methoxy groups -OCH3 is 2. The Morgan fingerprint density at radius 1 is 1.45 bits per heavy atom. The second-order valence-corrected chi connectivity index (χ2v) is 5.42.